The molecule has 1 fully saturated rings. The van der Waals surface area contributed by atoms with Crippen molar-refractivity contribution in [3.05, 3.63) is 22.5 Å². The number of hydrogen-bond donors (Lipinski definition) is 2. The van der Waals surface area contributed by atoms with E-state index >= 15 is 0 Å². The zero-order chi connectivity index (χ0) is 13.5. The zero-order valence-electron chi connectivity index (χ0n) is 9.96. The number of hydrogen-bond acceptors (Lipinski definition) is 6. The van der Waals surface area contributed by atoms with Crippen LogP contribution in [0.3, 0.4) is 0 Å². The molecule has 8 heteroatoms. The fourth-order valence-electron chi connectivity index (χ4n) is 1.27. The van der Waals surface area contributed by atoms with Crippen LogP contribution in [0.1, 0.15) is 8.97 Å². The van der Waals surface area contributed by atoms with Crippen LogP contribution in [-0.2, 0) is 4.74 Å². The molecule has 0 aromatic carbocycles. The molecule has 2 rings (SSSR count). The van der Waals surface area contributed by atoms with Crippen molar-refractivity contribution < 1.29 is 17.0 Å². The minimum Gasteiger partial charge on any atom is -0.393 e. The summed E-state index contributed by atoms with van der Waals surface area (Å²) in [6, 6.07) is 0. The topological polar surface area (TPSA) is 90.4 Å². The molecule has 16 heavy (non-hydrogen) atoms. The predicted octanol–water partition coefficient (Wildman–Crippen LogP) is -0.455. The lowest BCUT2D eigenvalue weighted by molar-refractivity contribution is -0.00677. The third-order valence-corrected chi connectivity index (χ3v) is 3.02. The van der Waals surface area contributed by atoms with Crippen LogP contribution in [0.25, 0.3) is 0 Å². The minimum atomic E-state index is -2.54. The molecule has 0 unspecified atom stereocenters. The van der Waals surface area contributed by atoms with Crippen LogP contribution in [0, 0.1) is 5.82 Å². The quantitative estimate of drug-likeness (QED) is 0.691. The average Bonchev–Trinajstić information content (AvgIpc) is 2.72. The molecule has 3 N–H and O–H groups in total. The Morgan fingerprint density at radius 1 is 1.94 bits per heavy atom. The van der Waals surface area contributed by atoms with Crippen LogP contribution in [0.5, 0.6) is 0 Å². The highest BCUT2D eigenvalue weighted by atomic mass is 32.2. The van der Waals surface area contributed by atoms with Gasteiger partial charge in [0.05, 0.1) is 15.5 Å². The number of ether oxygens (including phenoxy) is 1. The van der Waals surface area contributed by atoms with E-state index in [2.05, 4.69) is 4.98 Å². The summed E-state index contributed by atoms with van der Waals surface area (Å²) in [4.78, 5) is 14.8. The van der Waals surface area contributed by atoms with E-state index in [0.29, 0.717) is 0 Å². The number of nitrogen functional groups attached to an aromatic ring is 1. The van der Waals surface area contributed by atoms with E-state index < -0.39 is 35.5 Å². The van der Waals surface area contributed by atoms with Gasteiger partial charge in [-0.25, -0.2) is 9.18 Å². The van der Waals surface area contributed by atoms with Crippen molar-refractivity contribution in [2.24, 2.45) is 0 Å². The van der Waals surface area contributed by atoms with Gasteiger partial charge in [0.15, 0.2) is 11.6 Å². The monoisotopic (exact) mass is 250 g/mol. The fraction of sp³-hybridized carbons (Fsp3) is 0.500. The molecule has 0 radical (unpaired) electrons. The molecule has 2 atom stereocenters. The van der Waals surface area contributed by atoms with Crippen molar-refractivity contribution in [3.63, 3.8) is 0 Å². The van der Waals surface area contributed by atoms with Gasteiger partial charge in [-0.05, 0) is 0 Å². The molecule has 0 spiro atoms. The number of halogens is 1. The number of thioether (sulfide) groups is 1. The van der Waals surface area contributed by atoms with Gasteiger partial charge in [-0.15, -0.1) is 11.8 Å². The van der Waals surface area contributed by atoms with Gasteiger partial charge in [0.25, 0.3) is 0 Å². The third-order valence-electron chi connectivity index (χ3n) is 2.02. The maximum atomic E-state index is 13.2. The Labute approximate surface area is 97.0 Å². The summed E-state index contributed by atoms with van der Waals surface area (Å²) in [5.74, 6) is -1.18. The van der Waals surface area contributed by atoms with E-state index in [4.69, 9.17) is 18.3 Å². The Bertz CT molecular complexity index is 521. The molecule has 2 heterocycles. The highest BCUT2D eigenvalue weighted by Crippen LogP contribution is 2.30. The van der Waals surface area contributed by atoms with Gasteiger partial charge in [0, 0.05) is 5.75 Å². The van der Waals surface area contributed by atoms with E-state index in [1.807, 2.05) is 0 Å². The maximum absolute atomic E-state index is 13.2. The van der Waals surface area contributed by atoms with Gasteiger partial charge < -0.3 is 15.6 Å². The molecule has 1 aromatic rings. The first kappa shape index (κ1) is 8.97. The van der Waals surface area contributed by atoms with E-state index in [-0.39, 0.29) is 5.75 Å². The first-order valence-electron chi connectivity index (χ1n) is 5.32. The van der Waals surface area contributed by atoms with Crippen LogP contribution in [-0.4, -0.2) is 32.4 Å². The second-order valence-electron chi connectivity index (χ2n) is 3.05. The Morgan fingerprint density at radius 3 is 3.31 bits per heavy atom. The molecule has 6 nitrogen and oxygen atoms in total. The summed E-state index contributed by atoms with van der Waals surface area (Å²) in [6.45, 7) is -2.54. The van der Waals surface area contributed by atoms with Crippen molar-refractivity contribution in [2.45, 2.75) is 11.7 Å². The number of aromatic nitrogens is 2. The van der Waals surface area contributed by atoms with Crippen LogP contribution in [0.4, 0.5) is 10.2 Å². The van der Waals surface area contributed by atoms with Crippen molar-refractivity contribution in [3.8, 4) is 0 Å². The summed E-state index contributed by atoms with van der Waals surface area (Å²) in [5, 5.41) is 9.14. The van der Waals surface area contributed by atoms with Crippen LogP contribution in [0.2, 0.25) is 0 Å². The number of anilines is 1. The molecule has 0 aliphatic carbocycles. The van der Waals surface area contributed by atoms with Gasteiger partial charge in [0.2, 0.25) is 0 Å². The standard InChI is InChI=1S/C8H10FN3O3S/c9-4-1-12(8(14)11-7(4)10)5-3-16-6(2-13)15-5/h1,5-6,13H,2-3H2,(H2,10,11,14)/t5-,6+/m0/s1/i2D2,10+1. The highest BCUT2D eigenvalue weighted by Gasteiger charge is 2.27. The summed E-state index contributed by atoms with van der Waals surface area (Å²) >= 11 is 0.983. The molecule has 0 saturated carbocycles. The summed E-state index contributed by atoms with van der Waals surface area (Å²) < 4.78 is 33.4. The third kappa shape index (κ3) is 2.04. The summed E-state index contributed by atoms with van der Waals surface area (Å²) in [7, 11) is 0. The van der Waals surface area contributed by atoms with E-state index in [1.54, 1.807) is 0 Å². The number of nitrogens with two attached hydrogens (primary N) is 1. The predicted molar refractivity (Wildman–Crippen MR) is 56.3 cm³/mol. The van der Waals surface area contributed by atoms with Crippen molar-refractivity contribution in [2.75, 3.05) is 18.0 Å². The zero-order valence-corrected chi connectivity index (χ0v) is 8.78. The van der Waals surface area contributed by atoms with E-state index in [1.165, 1.54) is 0 Å². The molecule has 88 valence electrons. The smallest absolute Gasteiger partial charge is 0.351 e. The molecule has 0 bridgehead atoms. The van der Waals surface area contributed by atoms with Gasteiger partial charge in [-0.2, -0.15) is 4.98 Å². The Kier molecular flexibility index (Phi) is 2.47. The Morgan fingerprint density at radius 2 is 2.69 bits per heavy atom. The van der Waals surface area contributed by atoms with Gasteiger partial charge in [-0.3, -0.25) is 4.57 Å². The lowest BCUT2D eigenvalue weighted by atomic mass is 10.5. The summed E-state index contributed by atoms with van der Waals surface area (Å²) in [6.07, 6.45) is -0.0390. The van der Waals surface area contributed by atoms with Crippen LogP contribution < -0.4 is 11.4 Å². The largest absolute Gasteiger partial charge is 0.393 e. The molecule has 1 aliphatic rings. The number of rotatable bonds is 2. The van der Waals surface area contributed by atoms with Gasteiger partial charge in [0.1, 0.15) is 11.7 Å². The van der Waals surface area contributed by atoms with Crippen LogP contribution >= 0.6 is 11.8 Å². The van der Waals surface area contributed by atoms with Crippen LogP contribution in [0.15, 0.2) is 11.0 Å². The molecule has 0 amide bonds. The first-order chi connectivity index (χ1) is 8.29. The summed E-state index contributed by atoms with van der Waals surface area (Å²) in [5.41, 5.74) is 3.20. The molecule has 1 aromatic heterocycles. The van der Waals surface area contributed by atoms with Crippen molar-refractivity contribution >= 4 is 17.6 Å². The van der Waals surface area contributed by atoms with Gasteiger partial charge >= 0.3 is 5.69 Å². The second-order valence-corrected chi connectivity index (χ2v) is 4.14. The normalized spacial score (nSPS) is 27.6. The number of aliphatic hydroxyl groups is 1. The van der Waals surface area contributed by atoms with Crippen molar-refractivity contribution in [1.29, 1.82) is 0 Å². The lowest BCUT2D eigenvalue weighted by Gasteiger charge is -2.13. The molecule has 1 saturated heterocycles. The molecule has 1 aliphatic heterocycles. The lowest BCUT2D eigenvalue weighted by Crippen LogP contribution is -2.29. The Hall–Kier alpha value is -1.12. The fourth-order valence-corrected chi connectivity index (χ4v) is 2.13. The average molecular weight is 250 g/mol. The SMILES string of the molecule is [2H]C([2H])(O)[C@@H]1O[C@H](n2cc(F)c([15NH2])nc2=O)CS1. The highest BCUT2D eigenvalue weighted by molar-refractivity contribution is 8.00. The molecular formula is C8H10FN3O3S. The second kappa shape index (κ2) is 4.40. The van der Waals surface area contributed by atoms with Gasteiger partial charge in [-0.1, -0.05) is 0 Å². The van der Waals surface area contributed by atoms with E-state index in [0.717, 1.165) is 22.5 Å². The first-order valence-corrected chi connectivity index (χ1v) is 5.37. The Balaban J connectivity index is 2.25. The minimum absolute atomic E-state index is 0.190. The molecular weight excluding hydrogens is 238 g/mol. The maximum Gasteiger partial charge on any atom is 0.351 e. The van der Waals surface area contributed by atoms with E-state index in [9.17, 15) is 9.18 Å². The van der Waals surface area contributed by atoms with Crippen molar-refractivity contribution in [1.82, 2.24) is 9.55 Å². The number of nitrogens with zero attached hydrogens (tertiary/aromatic N) is 2.